The highest BCUT2D eigenvalue weighted by atomic mass is 79.9. The molecule has 1 fully saturated rings. The molecule has 1 saturated heterocycles. The van der Waals surface area contributed by atoms with Crippen LogP contribution in [-0.4, -0.2) is 28.0 Å². The summed E-state index contributed by atoms with van der Waals surface area (Å²) in [6, 6.07) is 0.368. The molecule has 0 spiro atoms. The first kappa shape index (κ1) is 8.96. The topological polar surface area (TPSA) is 66.0 Å². The van der Waals surface area contributed by atoms with E-state index in [0.29, 0.717) is 16.7 Å². The number of aromatic nitrogens is 3. The second kappa shape index (κ2) is 3.63. The predicted molar refractivity (Wildman–Crippen MR) is 51.2 cm³/mol. The molecule has 0 aliphatic carbocycles. The maximum atomic E-state index is 5.48. The molecular weight excluding hydrogens is 236 g/mol. The number of hydrogen-bond acceptors (Lipinski definition) is 4. The van der Waals surface area contributed by atoms with Crippen molar-refractivity contribution in [1.29, 1.82) is 0 Å². The number of nitrogens with two attached hydrogens (primary N) is 1. The van der Waals surface area contributed by atoms with Gasteiger partial charge in [0.05, 0.1) is 6.04 Å². The van der Waals surface area contributed by atoms with Gasteiger partial charge in [-0.2, -0.15) is 4.98 Å². The van der Waals surface area contributed by atoms with E-state index < -0.39 is 0 Å². The molecule has 1 aromatic rings. The Bertz CT molecular complexity index is 295. The van der Waals surface area contributed by atoms with Crippen molar-refractivity contribution >= 4 is 21.9 Å². The van der Waals surface area contributed by atoms with Gasteiger partial charge in [-0.15, -0.1) is 5.10 Å². The number of nitrogens with zero attached hydrogens (tertiary/aromatic N) is 3. The normalized spacial score (nSPS) is 19.2. The van der Waals surface area contributed by atoms with E-state index in [0.717, 1.165) is 26.1 Å². The van der Waals surface area contributed by atoms with Gasteiger partial charge in [0.15, 0.2) is 4.73 Å². The molecule has 1 aromatic heterocycles. The lowest BCUT2D eigenvalue weighted by Crippen LogP contribution is -2.20. The first-order chi connectivity index (χ1) is 6.27. The average Bonchev–Trinajstić information content (AvgIpc) is 2.47. The van der Waals surface area contributed by atoms with Gasteiger partial charge in [-0.05, 0) is 28.8 Å². The molecule has 2 N–H and O–H groups in total. The minimum absolute atomic E-state index is 0.318. The highest BCUT2D eigenvalue weighted by molar-refractivity contribution is 9.10. The summed E-state index contributed by atoms with van der Waals surface area (Å²) >= 11 is 3.32. The van der Waals surface area contributed by atoms with Crippen molar-refractivity contribution in [3.63, 3.8) is 0 Å². The van der Waals surface area contributed by atoms with Crippen LogP contribution in [0.1, 0.15) is 18.9 Å². The smallest absolute Gasteiger partial charge is 0.240 e. The van der Waals surface area contributed by atoms with Crippen molar-refractivity contribution in [1.82, 2.24) is 14.8 Å². The molecule has 5 nitrogen and oxygen atoms in total. The fourth-order valence-corrected chi connectivity index (χ4v) is 2.03. The Morgan fingerprint density at radius 3 is 2.69 bits per heavy atom. The standard InChI is InChI=1S/C7H11BrN4O/c8-6-10-7(9)11-12(6)5-1-3-13-4-2-5/h5H,1-4H2,(H2,9,11). The third-order valence-electron chi connectivity index (χ3n) is 2.14. The summed E-state index contributed by atoms with van der Waals surface area (Å²) in [6.07, 6.45) is 1.95. The lowest BCUT2D eigenvalue weighted by Gasteiger charge is -2.22. The molecule has 6 heteroatoms. The summed E-state index contributed by atoms with van der Waals surface area (Å²) in [6.45, 7) is 1.58. The van der Waals surface area contributed by atoms with Gasteiger partial charge in [0.1, 0.15) is 0 Å². The third kappa shape index (κ3) is 1.83. The Morgan fingerprint density at radius 1 is 1.46 bits per heavy atom. The van der Waals surface area contributed by atoms with Gasteiger partial charge in [0.2, 0.25) is 5.95 Å². The molecule has 0 saturated carbocycles. The van der Waals surface area contributed by atoms with E-state index in [9.17, 15) is 0 Å². The molecule has 2 rings (SSSR count). The SMILES string of the molecule is Nc1nc(Br)n(C2CCOCC2)n1. The Kier molecular flexibility index (Phi) is 2.50. The van der Waals surface area contributed by atoms with Crippen LogP contribution in [0, 0.1) is 0 Å². The summed E-state index contributed by atoms with van der Waals surface area (Å²) in [5.74, 6) is 0.318. The highest BCUT2D eigenvalue weighted by Crippen LogP contribution is 2.23. The molecular formula is C7H11BrN4O. The number of anilines is 1. The predicted octanol–water partition coefficient (Wildman–Crippen LogP) is 0.974. The van der Waals surface area contributed by atoms with Crippen molar-refractivity contribution < 1.29 is 4.74 Å². The minimum atomic E-state index is 0.318. The average molecular weight is 247 g/mol. The first-order valence-corrected chi connectivity index (χ1v) is 5.02. The molecule has 72 valence electrons. The van der Waals surface area contributed by atoms with Gasteiger partial charge in [-0.25, -0.2) is 4.68 Å². The quantitative estimate of drug-likeness (QED) is 0.803. The zero-order chi connectivity index (χ0) is 9.26. The second-order valence-corrected chi connectivity index (χ2v) is 3.74. The molecule has 0 bridgehead atoms. The van der Waals surface area contributed by atoms with E-state index in [1.54, 1.807) is 0 Å². The van der Waals surface area contributed by atoms with Crippen molar-refractivity contribution in [3.05, 3.63) is 4.73 Å². The Labute approximate surface area is 84.4 Å². The maximum absolute atomic E-state index is 5.48. The fourth-order valence-electron chi connectivity index (χ4n) is 1.48. The highest BCUT2D eigenvalue weighted by Gasteiger charge is 2.19. The molecule has 0 amide bonds. The lowest BCUT2D eigenvalue weighted by atomic mass is 10.1. The summed E-state index contributed by atoms with van der Waals surface area (Å²) < 4.78 is 7.80. The summed E-state index contributed by atoms with van der Waals surface area (Å²) in [4.78, 5) is 3.99. The van der Waals surface area contributed by atoms with Crippen LogP contribution in [0.3, 0.4) is 0 Å². The Morgan fingerprint density at radius 2 is 2.15 bits per heavy atom. The molecule has 13 heavy (non-hydrogen) atoms. The Balaban J connectivity index is 2.18. The number of nitrogen functional groups attached to an aromatic ring is 1. The largest absolute Gasteiger partial charge is 0.381 e. The summed E-state index contributed by atoms with van der Waals surface area (Å²) in [7, 11) is 0. The zero-order valence-electron chi connectivity index (χ0n) is 7.11. The monoisotopic (exact) mass is 246 g/mol. The van der Waals surface area contributed by atoms with Crippen molar-refractivity contribution in [2.24, 2.45) is 0 Å². The third-order valence-corrected chi connectivity index (χ3v) is 2.68. The van der Waals surface area contributed by atoms with Gasteiger partial charge < -0.3 is 10.5 Å². The molecule has 0 unspecified atom stereocenters. The number of ether oxygens (including phenoxy) is 1. The summed E-state index contributed by atoms with van der Waals surface area (Å²) in [5.41, 5.74) is 5.48. The van der Waals surface area contributed by atoms with Crippen molar-refractivity contribution in [2.75, 3.05) is 18.9 Å². The van der Waals surface area contributed by atoms with Crippen LogP contribution < -0.4 is 5.73 Å². The molecule has 0 aromatic carbocycles. The number of hydrogen-bond donors (Lipinski definition) is 1. The first-order valence-electron chi connectivity index (χ1n) is 4.22. The maximum Gasteiger partial charge on any atom is 0.240 e. The molecule has 0 radical (unpaired) electrons. The van der Waals surface area contributed by atoms with Gasteiger partial charge >= 0.3 is 0 Å². The van der Waals surface area contributed by atoms with E-state index in [1.807, 2.05) is 4.68 Å². The van der Waals surface area contributed by atoms with Crippen molar-refractivity contribution in [2.45, 2.75) is 18.9 Å². The van der Waals surface area contributed by atoms with Crippen LogP contribution in [0.5, 0.6) is 0 Å². The van der Waals surface area contributed by atoms with E-state index in [2.05, 4.69) is 26.0 Å². The van der Waals surface area contributed by atoms with Gasteiger partial charge in [-0.1, -0.05) is 0 Å². The number of halogens is 1. The van der Waals surface area contributed by atoms with Crippen molar-refractivity contribution in [3.8, 4) is 0 Å². The zero-order valence-corrected chi connectivity index (χ0v) is 8.70. The Hall–Kier alpha value is -0.620. The van der Waals surface area contributed by atoms with E-state index in [1.165, 1.54) is 0 Å². The lowest BCUT2D eigenvalue weighted by molar-refractivity contribution is 0.0655. The van der Waals surface area contributed by atoms with Gasteiger partial charge in [0.25, 0.3) is 0 Å². The van der Waals surface area contributed by atoms with Crippen LogP contribution in [0.25, 0.3) is 0 Å². The molecule has 2 heterocycles. The van der Waals surface area contributed by atoms with E-state index in [-0.39, 0.29) is 0 Å². The van der Waals surface area contributed by atoms with E-state index in [4.69, 9.17) is 10.5 Å². The van der Waals surface area contributed by atoms with Crippen LogP contribution >= 0.6 is 15.9 Å². The number of rotatable bonds is 1. The van der Waals surface area contributed by atoms with Crippen LogP contribution in [0.15, 0.2) is 4.73 Å². The molecule has 1 aliphatic heterocycles. The van der Waals surface area contributed by atoms with E-state index >= 15 is 0 Å². The second-order valence-electron chi connectivity index (χ2n) is 3.03. The van der Waals surface area contributed by atoms with Gasteiger partial charge in [-0.3, -0.25) is 0 Å². The van der Waals surface area contributed by atoms with Crippen LogP contribution in [0.4, 0.5) is 5.95 Å². The fraction of sp³-hybridized carbons (Fsp3) is 0.714. The summed E-state index contributed by atoms with van der Waals surface area (Å²) in [5, 5.41) is 4.11. The minimum Gasteiger partial charge on any atom is -0.381 e. The van der Waals surface area contributed by atoms with Crippen LogP contribution in [-0.2, 0) is 4.74 Å². The van der Waals surface area contributed by atoms with Gasteiger partial charge in [0, 0.05) is 13.2 Å². The molecule has 0 atom stereocenters. The molecule has 1 aliphatic rings. The van der Waals surface area contributed by atoms with Crippen LogP contribution in [0.2, 0.25) is 0 Å².